The molecule has 0 aromatic heterocycles. The lowest BCUT2D eigenvalue weighted by Crippen LogP contribution is -2.35. The quantitative estimate of drug-likeness (QED) is 0.866. The zero-order valence-electron chi connectivity index (χ0n) is 12.4. The lowest BCUT2D eigenvalue weighted by Gasteiger charge is -2.23. The van der Waals surface area contributed by atoms with Crippen molar-refractivity contribution < 1.29 is 19.4 Å². The second-order valence-electron chi connectivity index (χ2n) is 4.63. The first-order chi connectivity index (χ1) is 9.43. The van der Waals surface area contributed by atoms with E-state index in [0.29, 0.717) is 30.8 Å². The van der Waals surface area contributed by atoms with Gasteiger partial charge in [0.1, 0.15) is 0 Å². The summed E-state index contributed by atoms with van der Waals surface area (Å²) in [5.74, 6) is -1.33. The Bertz CT molecular complexity index is 511. The van der Waals surface area contributed by atoms with Crippen molar-refractivity contribution in [1.82, 2.24) is 4.90 Å². The van der Waals surface area contributed by atoms with E-state index in [-0.39, 0.29) is 17.0 Å². The van der Waals surface area contributed by atoms with Crippen LogP contribution < -0.4 is 0 Å². The standard InChI is InChI=1S/C15H21NO4/c1-5-16(8-9-20-4)14(17)12-10(2)6-7-11(3)13(12)15(18)19/h6-7H,5,8-9H2,1-4H3,(H,18,19). The highest BCUT2D eigenvalue weighted by molar-refractivity contribution is 6.06. The van der Waals surface area contributed by atoms with Gasteiger partial charge in [0.15, 0.2) is 0 Å². The summed E-state index contributed by atoms with van der Waals surface area (Å²) >= 11 is 0. The van der Waals surface area contributed by atoms with E-state index in [2.05, 4.69) is 0 Å². The molecule has 1 aromatic rings. The first kappa shape index (κ1) is 16.2. The minimum Gasteiger partial charge on any atom is -0.478 e. The fraction of sp³-hybridized carbons (Fsp3) is 0.467. The average molecular weight is 279 g/mol. The van der Waals surface area contributed by atoms with Crippen molar-refractivity contribution in [3.05, 3.63) is 34.4 Å². The first-order valence-corrected chi connectivity index (χ1v) is 6.55. The SMILES string of the molecule is CCN(CCOC)C(=O)c1c(C)ccc(C)c1C(=O)O. The average Bonchev–Trinajstić information content (AvgIpc) is 2.41. The van der Waals surface area contributed by atoms with E-state index < -0.39 is 5.97 Å². The highest BCUT2D eigenvalue weighted by Crippen LogP contribution is 2.20. The third-order valence-corrected chi connectivity index (χ3v) is 3.28. The van der Waals surface area contributed by atoms with Gasteiger partial charge >= 0.3 is 5.97 Å². The Hall–Kier alpha value is -1.88. The summed E-state index contributed by atoms with van der Waals surface area (Å²) in [5, 5.41) is 9.35. The molecule has 0 saturated carbocycles. The Kier molecular flexibility index (Phi) is 5.70. The predicted octanol–water partition coefficient (Wildman–Crippen LogP) is 2.11. The minimum absolute atomic E-state index is 0.0888. The van der Waals surface area contributed by atoms with Gasteiger partial charge in [-0.05, 0) is 31.9 Å². The van der Waals surface area contributed by atoms with Crippen molar-refractivity contribution in [1.29, 1.82) is 0 Å². The number of hydrogen-bond acceptors (Lipinski definition) is 3. The lowest BCUT2D eigenvalue weighted by atomic mass is 9.96. The van der Waals surface area contributed by atoms with Crippen molar-refractivity contribution >= 4 is 11.9 Å². The summed E-state index contributed by atoms with van der Waals surface area (Å²) in [7, 11) is 1.57. The number of aromatic carboxylic acids is 1. The molecule has 1 rings (SSSR count). The van der Waals surface area contributed by atoms with Gasteiger partial charge in [0.05, 0.1) is 17.7 Å². The van der Waals surface area contributed by atoms with Gasteiger partial charge in [0.25, 0.3) is 5.91 Å². The van der Waals surface area contributed by atoms with Crippen molar-refractivity contribution in [3.63, 3.8) is 0 Å². The van der Waals surface area contributed by atoms with Gasteiger partial charge in [-0.3, -0.25) is 4.79 Å². The Morgan fingerprint density at radius 2 is 1.75 bits per heavy atom. The van der Waals surface area contributed by atoms with Crippen molar-refractivity contribution in [2.75, 3.05) is 26.8 Å². The molecule has 0 bridgehead atoms. The summed E-state index contributed by atoms with van der Waals surface area (Å²) in [6, 6.07) is 3.50. The summed E-state index contributed by atoms with van der Waals surface area (Å²) in [4.78, 5) is 25.6. The van der Waals surface area contributed by atoms with Crippen LogP contribution in [0.15, 0.2) is 12.1 Å². The monoisotopic (exact) mass is 279 g/mol. The Morgan fingerprint density at radius 3 is 2.20 bits per heavy atom. The van der Waals surface area contributed by atoms with Crippen LogP contribution >= 0.6 is 0 Å². The second kappa shape index (κ2) is 7.05. The molecule has 1 aromatic carbocycles. The summed E-state index contributed by atoms with van der Waals surface area (Å²) in [6.07, 6.45) is 0. The van der Waals surface area contributed by atoms with E-state index in [1.54, 1.807) is 38.0 Å². The second-order valence-corrected chi connectivity index (χ2v) is 4.63. The molecule has 0 unspecified atom stereocenters. The number of aryl methyl sites for hydroxylation is 2. The minimum atomic E-state index is -1.07. The lowest BCUT2D eigenvalue weighted by molar-refractivity contribution is 0.0659. The number of carbonyl (C=O) groups is 2. The Labute approximate surface area is 119 Å². The fourth-order valence-electron chi connectivity index (χ4n) is 2.13. The van der Waals surface area contributed by atoms with Crippen LogP contribution in [0.5, 0.6) is 0 Å². The summed E-state index contributed by atoms with van der Waals surface area (Å²) < 4.78 is 4.98. The number of likely N-dealkylation sites (N-methyl/N-ethyl adjacent to an activating group) is 1. The number of hydrogen-bond donors (Lipinski definition) is 1. The summed E-state index contributed by atoms with van der Waals surface area (Å²) in [6.45, 7) is 6.69. The third kappa shape index (κ3) is 3.36. The molecular formula is C15H21NO4. The molecule has 0 fully saturated rings. The van der Waals surface area contributed by atoms with Gasteiger partial charge in [-0.2, -0.15) is 0 Å². The zero-order chi connectivity index (χ0) is 15.3. The molecule has 0 heterocycles. The van der Waals surface area contributed by atoms with E-state index in [1.807, 2.05) is 6.92 Å². The number of ether oxygens (including phenoxy) is 1. The first-order valence-electron chi connectivity index (χ1n) is 6.55. The van der Waals surface area contributed by atoms with Crippen LogP contribution in [-0.4, -0.2) is 48.7 Å². The molecule has 0 saturated heterocycles. The number of rotatable bonds is 6. The number of methoxy groups -OCH3 is 1. The maximum atomic E-state index is 12.6. The van der Waals surface area contributed by atoms with E-state index in [9.17, 15) is 14.7 Å². The van der Waals surface area contributed by atoms with Gasteiger partial charge in [0, 0.05) is 20.2 Å². The molecule has 0 aliphatic heterocycles. The van der Waals surface area contributed by atoms with Gasteiger partial charge in [0.2, 0.25) is 0 Å². The molecule has 0 spiro atoms. The Morgan fingerprint density at radius 1 is 1.20 bits per heavy atom. The van der Waals surface area contributed by atoms with Crippen LogP contribution in [0.25, 0.3) is 0 Å². The van der Waals surface area contributed by atoms with E-state index >= 15 is 0 Å². The van der Waals surface area contributed by atoms with Crippen LogP contribution in [0.2, 0.25) is 0 Å². The van der Waals surface area contributed by atoms with Crippen molar-refractivity contribution in [2.24, 2.45) is 0 Å². The number of benzene rings is 1. The van der Waals surface area contributed by atoms with Gasteiger partial charge in [-0.15, -0.1) is 0 Å². The van der Waals surface area contributed by atoms with Crippen LogP contribution in [0.4, 0.5) is 0 Å². The topological polar surface area (TPSA) is 66.8 Å². The number of nitrogens with zero attached hydrogens (tertiary/aromatic N) is 1. The van der Waals surface area contributed by atoms with Crippen LogP contribution in [-0.2, 0) is 4.74 Å². The smallest absolute Gasteiger partial charge is 0.336 e. The van der Waals surface area contributed by atoms with E-state index in [0.717, 1.165) is 0 Å². The number of carboxylic acid groups (broad SMARTS) is 1. The number of carbonyl (C=O) groups excluding carboxylic acids is 1. The van der Waals surface area contributed by atoms with Crippen molar-refractivity contribution in [2.45, 2.75) is 20.8 Å². The maximum Gasteiger partial charge on any atom is 0.336 e. The molecule has 0 radical (unpaired) electrons. The highest BCUT2D eigenvalue weighted by Gasteiger charge is 2.24. The van der Waals surface area contributed by atoms with Crippen LogP contribution in [0.3, 0.4) is 0 Å². The molecule has 1 N–H and O–H groups in total. The van der Waals surface area contributed by atoms with Crippen LogP contribution in [0, 0.1) is 13.8 Å². The summed E-state index contributed by atoms with van der Waals surface area (Å²) in [5.41, 5.74) is 1.63. The molecule has 1 amide bonds. The van der Waals surface area contributed by atoms with E-state index in [4.69, 9.17) is 4.74 Å². The van der Waals surface area contributed by atoms with Gasteiger partial charge in [-0.25, -0.2) is 4.79 Å². The molecule has 5 nitrogen and oxygen atoms in total. The molecule has 5 heteroatoms. The van der Waals surface area contributed by atoms with Crippen LogP contribution in [0.1, 0.15) is 38.8 Å². The molecule has 0 aliphatic rings. The largest absolute Gasteiger partial charge is 0.478 e. The maximum absolute atomic E-state index is 12.6. The predicted molar refractivity (Wildman–Crippen MR) is 76.3 cm³/mol. The molecule has 110 valence electrons. The molecular weight excluding hydrogens is 258 g/mol. The third-order valence-electron chi connectivity index (χ3n) is 3.28. The molecule has 20 heavy (non-hydrogen) atoms. The zero-order valence-corrected chi connectivity index (χ0v) is 12.4. The molecule has 0 aliphatic carbocycles. The number of carboxylic acids is 1. The van der Waals surface area contributed by atoms with Gasteiger partial charge in [-0.1, -0.05) is 12.1 Å². The van der Waals surface area contributed by atoms with Crippen molar-refractivity contribution in [3.8, 4) is 0 Å². The van der Waals surface area contributed by atoms with E-state index in [1.165, 1.54) is 0 Å². The highest BCUT2D eigenvalue weighted by atomic mass is 16.5. The van der Waals surface area contributed by atoms with Gasteiger partial charge < -0.3 is 14.7 Å². The normalized spacial score (nSPS) is 10.4. The Balaban J connectivity index is 3.26. The number of amides is 1. The molecule has 0 atom stereocenters. The fourth-order valence-corrected chi connectivity index (χ4v) is 2.13.